The molecule has 0 amide bonds. The monoisotopic (exact) mass is 231 g/mol. The lowest BCUT2D eigenvalue weighted by Crippen LogP contribution is -2.50. The van der Waals surface area contributed by atoms with E-state index in [1.54, 1.807) is 0 Å². The van der Waals surface area contributed by atoms with Crippen molar-refractivity contribution in [3.8, 4) is 0 Å². The smallest absolute Gasteiger partial charge is 0.149 e. The van der Waals surface area contributed by atoms with Crippen LogP contribution in [0.25, 0.3) is 0 Å². The summed E-state index contributed by atoms with van der Waals surface area (Å²) < 4.78 is 0. The Bertz CT molecular complexity index is 387. The van der Waals surface area contributed by atoms with Crippen LogP contribution in [0, 0.1) is 11.8 Å². The van der Waals surface area contributed by atoms with Crippen molar-refractivity contribution in [1.82, 2.24) is 4.90 Å². The van der Waals surface area contributed by atoms with E-state index in [1.807, 2.05) is 6.07 Å². The van der Waals surface area contributed by atoms with Crippen molar-refractivity contribution >= 4 is 5.78 Å². The fraction of sp³-hybridized carbons (Fsp3) is 0.533. The highest BCUT2D eigenvalue weighted by Crippen LogP contribution is 2.27. The van der Waals surface area contributed by atoms with E-state index in [0.29, 0.717) is 24.3 Å². The van der Waals surface area contributed by atoms with E-state index >= 15 is 0 Å². The summed E-state index contributed by atoms with van der Waals surface area (Å²) in [6.07, 6.45) is 0. The molecule has 1 saturated heterocycles. The normalized spacial score (nSPS) is 30.5. The molecule has 17 heavy (non-hydrogen) atoms. The molecule has 0 bridgehead atoms. The quantitative estimate of drug-likeness (QED) is 0.780. The zero-order valence-electron chi connectivity index (χ0n) is 10.9. The van der Waals surface area contributed by atoms with Gasteiger partial charge in [-0.2, -0.15) is 0 Å². The van der Waals surface area contributed by atoms with E-state index in [4.69, 9.17) is 0 Å². The molecule has 0 radical (unpaired) electrons. The third-order valence-corrected chi connectivity index (χ3v) is 4.22. The van der Waals surface area contributed by atoms with Crippen LogP contribution in [0.2, 0.25) is 0 Å². The summed E-state index contributed by atoms with van der Waals surface area (Å²) in [7, 11) is 0. The minimum absolute atomic E-state index is 0.206. The predicted octanol–water partition coefficient (Wildman–Crippen LogP) is 2.73. The van der Waals surface area contributed by atoms with Crippen LogP contribution in [0.15, 0.2) is 30.3 Å². The number of carbonyl (C=O) groups excluding carboxylic acids is 1. The number of carbonyl (C=O) groups is 1. The number of ketones is 1. The maximum atomic E-state index is 11.9. The number of Topliss-reactive ketones (excluding diaryl/α,β-unsaturated/α-hetero) is 1. The van der Waals surface area contributed by atoms with Gasteiger partial charge in [0.05, 0.1) is 6.54 Å². The Kier molecular flexibility index (Phi) is 3.63. The third-order valence-electron chi connectivity index (χ3n) is 4.22. The van der Waals surface area contributed by atoms with Crippen LogP contribution in [0.5, 0.6) is 0 Å². The van der Waals surface area contributed by atoms with Crippen LogP contribution < -0.4 is 0 Å². The van der Waals surface area contributed by atoms with Gasteiger partial charge in [0.15, 0.2) is 0 Å². The fourth-order valence-electron chi connectivity index (χ4n) is 2.55. The van der Waals surface area contributed by atoms with E-state index in [2.05, 4.69) is 49.9 Å². The van der Waals surface area contributed by atoms with Gasteiger partial charge < -0.3 is 0 Å². The largest absolute Gasteiger partial charge is 0.298 e. The number of benzene rings is 1. The maximum absolute atomic E-state index is 11.9. The SMILES string of the molecule is C[C@@H]1[C@@H](C)N(Cc2ccccc2)CC(=O)[C@@H]1C. The fourth-order valence-corrected chi connectivity index (χ4v) is 2.55. The van der Waals surface area contributed by atoms with Gasteiger partial charge in [0.2, 0.25) is 0 Å². The lowest BCUT2D eigenvalue weighted by Gasteiger charge is -2.40. The van der Waals surface area contributed by atoms with Crippen molar-refractivity contribution in [3.05, 3.63) is 35.9 Å². The molecular weight excluding hydrogens is 210 g/mol. The number of hydrogen-bond acceptors (Lipinski definition) is 2. The van der Waals surface area contributed by atoms with E-state index in [-0.39, 0.29) is 5.92 Å². The molecule has 1 aromatic carbocycles. The van der Waals surface area contributed by atoms with Gasteiger partial charge in [-0.1, -0.05) is 44.2 Å². The van der Waals surface area contributed by atoms with Gasteiger partial charge in [0.25, 0.3) is 0 Å². The van der Waals surface area contributed by atoms with Crippen molar-refractivity contribution in [2.75, 3.05) is 6.54 Å². The van der Waals surface area contributed by atoms with Crippen LogP contribution in [-0.2, 0) is 11.3 Å². The summed E-state index contributed by atoms with van der Waals surface area (Å²) in [5, 5.41) is 0. The molecule has 92 valence electrons. The number of likely N-dealkylation sites (tertiary alicyclic amines) is 1. The standard InChI is InChI=1S/C15H21NO/c1-11-12(2)15(17)10-16(13(11)3)9-14-7-5-4-6-8-14/h4-8,11-13H,9-10H2,1-3H3/t11-,12+,13+/m0/s1. The Hall–Kier alpha value is -1.15. The molecule has 1 aliphatic rings. The molecule has 2 heteroatoms. The first kappa shape index (κ1) is 12.3. The topological polar surface area (TPSA) is 20.3 Å². The van der Waals surface area contributed by atoms with E-state index in [0.717, 1.165) is 6.54 Å². The van der Waals surface area contributed by atoms with Crippen molar-refractivity contribution in [1.29, 1.82) is 0 Å². The Morgan fingerprint density at radius 3 is 2.47 bits per heavy atom. The summed E-state index contributed by atoms with van der Waals surface area (Å²) >= 11 is 0. The molecule has 0 saturated carbocycles. The van der Waals surface area contributed by atoms with Crippen LogP contribution in [-0.4, -0.2) is 23.3 Å². The van der Waals surface area contributed by atoms with Crippen LogP contribution in [0.3, 0.4) is 0 Å². The highest BCUT2D eigenvalue weighted by atomic mass is 16.1. The first-order valence-electron chi connectivity index (χ1n) is 6.40. The summed E-state index contributed by atoms with van der Waals surface area (Å²) in [6, 6.07) is 10.9. The zero-order chi connectivity index (χ0) is 12.4. The molecule has 2 rings (SSSR count). The molecule has 0 N–H and O–H groups in total. The molecule has 0 spiro atoms. The molecule has 1 aromatic rings. The van der Waals surface area contributed by atoms with Crippen molar-refractivity contribution in [2.45, 2.75) is 33.4 Å². The summed E-state index contributed by atoms with van der Waals surface area (Å²) in [5.74, 6) is 1.03. The second-order valence-electron chi connectivity index (χ2n) is 5.25. The molecule has 1 aliphatic heterocycles. The minimum Gasteiger partial charge on any atom is -0.298 e. The van der Waals surface area contributed by atoms with Crippen molar-refractivity contribution in [3.63, 3.8) is 0 Å². The molecule has 2 nitrogen and oxygen atoms in total. The number of hydrogen-bond donors (Lipinski definition) is 0. The Labute approximate surface area is 104 Å². The minimum atomic E-state index is 0.206. The molecule has 1 fully saturated rings. The molecule has 0 unspecified atom stereocenters. The van der Waals surface area contributed by atoms with Crippen LogP contribution in [0.4, 0.5) is 0 Å². The van der Waals surface area contributed by atoms with Crippen molar-refractivity contribution in [2.24, 2.45) is 11.8 Å². The van der Waals surface area contributed by atoms with Gasteiger partial charge in [0.1, 0.15) is 5.78 Å². The second-order valence-corrected chi connectivity index (χ2v) is 5.25. The van der Waals surface area contributed by atoms with E-state index < -0.39 is 0 Å². The average Bonchev–Trinajstić information content (AvgIpc) is 2.35. The van der Waals surface area contributed by atoms with Crippen LogP contribution >= 0.6 is 0 Å². The first-order valence-corrected chi connectivity index (χ1v) is 6.40. The summed E-state index contributed by atoms with van der Waals surface area (Å²) in [5.41, 5.74) is 1.29. The zero-order valence-corrected chi connectivity index (χ0v) is 10.9. The molecule has 1 heterocycles. The highest BCUT2D eigenvalue weighted by Gasteiger charge is 2.35. The Balaban J connectivity index is 2.09. The third kappa shape index (κ3) is 2.58. The second kappa shape index (κ2) is 5.01. The van der Waals surface area contributed by atoms with Gasteiger partial charge in [-0.25, -0.2) is 0 Å². The van der Waals surface area contributed by atoms with Crippen LogP contribution in [0.1, 0.15) is 26.3 Å². The number of piperidine rings is 1. The Morgan fingerprint density at radius 1 is 1.18 bits per heavy atom. The Morgan fingerprint density at radius 2 is 1.82 bits per heavy atom. The number of nitrogens with zero attached hydrogens (tertiary/aromatic N) is 1. The van der Waals surface area contributed by atoms with Gasteiger partial charge in [-0.05, 0) is 18.4 Å². The molecule has 0 aliphatic carbocycles. The molecular formula is C15H21NO. The maximum Gasteiger partial charge on any atom is 0.149 e. The highest BCUT2D eigenvalue weighted by molar-refractivity contribution is 5.83. The summed E-state index contributed by atoms with van der Waals surface area (Å²) in [4.78, 5) is 14.2. The summed E-state index contributed by atoms with van der Waals surface area (Å²) in [6.45, 7) is 7.96. The van der Waals surface area contributed by atoms with Gasteiger partial charge >= 0.3 is 0 Å². The molecule has 3 atom stereocenters. The van der Waals surface area contributed by atoms with Gasteiger partial charge in [-0.3, -0.25) is 9.69 Å². The van der Waals surface area contributed by atoms with E-state index in [1.165, 1.54) is 5.56 Å². The van der Waals surface area contributed by atoms with Gasteiger partial charge in [-0.15, -0.1) is 0 Å². The lowest BCUT2D eigenvalue weighted by atomic mass is 9.82. The first-order chi connectivity index (χ1) is 8.09. The lowest BCUT2D eigenvalue weighted by molar-refractivity contribution is -0.131. The van der Waals surface area contributed by atoms with Crippen molar-refractivity contribution < 1.29 is 4.79 Å². The van der Waals surface area contributed by atoms with E-state index in [9.17, 15) is 4.79 Å². The average molecular weight is 231 g/mol. The molecule has 0 aromatic heterocycles. The predicted molar refractivity (Wildman–Crippen MR) is 69.6 cm³/mol. The number of rotatable bonds is 2. The van der Waals surface area contributed by atoms with Gasteiger partial charge in [0, 0.05) is 18.5 Å².